The number of aliphatic hydroxyl groups is 1. The molecule has 1 aromatic heterocycles. The highest BCUT2D eigenvalue weighted by Gasteiger charge is 2.21. The molecule has 0 unspecified atom stereocenters. The molecular weight excluding hydrogens is 236 g/mol. The van der Waals surface area contributed by atoms with E-state index in [2.05, 4.69) is 15.4 Å². The van der Waals surface area contributed by atoms with Gasteiger partial charge in [-0.15, -0.1) is 0 Å². The molecule has 1 aromatic rings. The second kappa shape index (κ2) is 5.83. The SMILES string of the molecule is Cc1cc(NC(=O)N2CCN(CCO)CC2)no1. The average molecular weight is 254 g/mol. The maximum absolute atomic E-state index is 11.9. The van der Waals surface area contributed by atoms with Gasteiger partial charge in [0.2, 0.25) is 0 Å². The molecule has 2 N–H and O–H groups in total. The standard InChI is InChI=1S/C11H18N4O3/c1-9-8-10(13-18-9)12-11(17)15-4-2-14(3-5-15)6-7-16/h8,16H,2-7H2,1H3,(H,12,13,17). The fourth-order valence-corrected chi connectivity index (χ4v) is 1.93. The lowest BCUT2D eigenvalue weighted by molar-refractivity contribution is 0.127. The van der Waals surface area contributed by atoms with Crippen molar-refractivity contribution in [3.63, 3.8) is 0 Å². The highest BCUT2D eigenvalue weighted by molar-refractivity contribution is 5.88. The summed E-state index contributed by atoms with van der Waals surface area (Å²) in [6.07, 6.45) is 0. The van der Waals surface area contributed by atoms with Crippen LogP contribution in [0.1, 0.15) is 5.76 Å². The van der Waals surface area contributed by atoms with E-state index in [1.165, 1.54) is 0 Å². The van der Waals surface area contributed by atoms with Crippen molar-refractivity contribution in [3.8, 4) is 0 Å². The number of β-amino-alcohol motifs (C(OH)–C–C–N with tert-alkyl or cyclic N) is 1. The van der Waals surface area contributed by atoms with Gasteiger partial charge in [-0.05, 0) is 6.92 Å². The van der Waals surface area contributed by atoms with Gasteiger partial charge in [-0.3, -0.25) is 10.2 Å². The molecule has 1 aliphatic rings. The van der Waals surface area contributed by atoms with E-state index < -0.39 is 0 Å². The zero-order chi connectivity index (χ0) is 13.0. The Kier molecular flexibility index (Phi) is 4.16. The number of anilines is 1. The van der Waals surface area contributed by atoms with Crippen LogP contribution in [0.5, 0.6) is 0 Å². The topological polar surface area (TPSA) is 81.8 Å². The monoisotopic (exact) mass is 254 g/mol. The van der Waals surface area contributed by atoms with E-state index >= 15 is 0 Å². The number of carbonyl (C=O) groups is 1. The third-order valence-electron chi connectivity index (χ3n) is 2.94. The third-order valence-corrected chi connectivity index (χ3v) is 2.94. The Morgan fingerprint density at radius 2 is 2.22 bits per heavy atom. The van der Waals surface area contributed by atoms with Crippen molar-refractivity contribution in [2.75, 3.05) is 44.6 Å². The predicted octanol–water partition coefficient (Wildman–Crippen LogP) is 0.125. The molecule has 7 heteroatoms. The number of piperazine rings is 1. The molecule has 0 aromatic carbocycles. The first-order valence-electron chi connectivity index (χ1n) is 6.01. The van der Waals surface area contributed by atoms with Crippen LogP contribution in [-0.2, 0) is 0 Å². The molecule has 2 amide bonds. The number of hydrogen-bond acceptors (Lipinski definition) is 5. The van der Waals surface area contributed by atoms with Gasteiger partial charge in [-0.1, -0.05) is 5.16 Å². The van der Waals surface area contributed by atoms with Crippen LogP contribution in [0.4, 0.5) is 10.6 Å². The molecule has 1 aliphatic heterocycles. The fraction of sp³-hybridized carbons (Fsp3) is 0.636. The van der Waals surface area contributed by atoms with Gasteiger partial charge in [-0.2, -0.15) is 0 Å². The van der Waals surface area contributed by atoms with E-state index in [1.54, 1.807) is 17.9 Å². The predicted molar refractivity (Wildman–Crippen MR) is 65.4 cm³/mol. The van der Waals surface area contributed by atoms with Crippen molar-refractivity contribution in [1.29, 1.82) is 0 Å². The molecule has 0 spiro atoms. The molecule has 0 bridgehead atoms. The first-order chi connectivity index (χ1) is 8.69. The Bertz CT molecular complexity index is 399. The van der Waals surface area contributed by atoms with E-state index in [4.69, 9.17) is 9.63 Å². The van der Waals surface area contributed by atoms with E-state index in [0.717, 1.165) is 13.1 Å². The van der Waals surface area contributed by atoms with E-state index in [9.17, 15) is 4.79 Å². The summed E-state index contributed by atoms with van der Waals surface area (Å²) in [4.78, 5) is 15.8. The zero-order valence-corrected chi connectivity index (χ0v) is 10.4. The molecular formula is C11H18N4O3. The first kappa shape index (κ1) is 12.8. The van der Waals surface area contributed by atoms with Crippen LogP contribution in [-0.4, -0.2) is 65.4 Å². The van der Waals surface area contributed by atoms with Crippen LogP contribution >= 0.6 is 0 Å². The van der Waals surface area contributed by atoms with E-state index in [-0.39, 0.29) is 12.6 Å². The van der Waals surface area contributed by atoms with Crippen molar-refractivity contribution >= 4 is 11.8 Å². The first-order valence-corrected chi connectivity index (χ1v) is 6.01. The zero-order valence-electron chi connectivity index (χ0n) is 10.4. The van der Waals surface area contributed by atoms with E-state index in [0.29, 0.717) is 31.2 Å². The van der Waals surface area contributed by atoms with Gasteiger partial charge in [0, 0.05) is 38.8 Å². The lowest BCUT2D eigenvalue weighted by Gasteiger charge is -2.34. The van der Waals surface area contributed by atoms with Crippen LogP contribution in [0, 0.1) is 6.92 Å². The second-order valence-corrected chi connectivity index (χ2v) is 4.31. The Balaban J connectivity index is 1.80. The molecule has 1 fully saturated rings. The highest BCUT2D eigenvalue weighted by Crippen LogP contribution is 2.09. The van der Waals surface area contributed by atoms with Crippen LogP contribution in [0.3, 0.4) is 0 Å². The number of aliphatic hydroxyl groups excluding tert-OH is 1. The smallest absolute Gasteiger partial charge is 0.323 e. The van der Waals surface area contributed by atoms with Gasteiger partial charge >= 0.3 is 6.03 Å². The Morgan fingerprint density at radius 1 is 1.50 bits per heavy atom. The van der Waals surface area contributed by atoms with Crippen LogP contribution in [0.2, 0.25) is 0 Å². The molecule has 18 heavy (non-hydrogen) atoms. The van der Waals surface area contributed by atoms with Crippen molar-refractivity contribution in [2.24, 2.45) is 0 Å². The molecule has 2 heterocycles. The average Bonchev–Trinajstić information content (AvgIpc) is 2.76. The maximum atomic E-state index is 11.9. The van der Waals surface area contributed by atoms with Gasteiger partial charge in [0.1, 0.15) is 5.76 Å². The number of carbonyl (C=O) groups excluding carboxylic acids is 1. The molecule has 0 aliphatic carbocycles. The lowest BCUT2D eigenvalue weighted by Crippen LogP contribution is -2.50. The van der Waals surface area contributed by atoms with Crippen LogP contribution in [0.15, 0.2) is 10.6 Å². The molecule has 0 saturated carbocycles. The second-order valence-electron chi connectivity index (χ2n) is 4.31. The fourth-order valence-electron chi connectivity index (χ4n) is 1.93. The van der Waals surface area contributed by atoms with Gasteiger partial charge < -0.3 is 14.5 Å². The molecule has 100 valence electrons. The number of aromatic nitrogens is 1. The number of urea groups is 1. The molecule has 0 radical (unpaired) electrons. The molecule has 2 rings (SSSR count). The summed E-state index contributed by atoms with van der Waals surface area (Å²) in [7, 11) is 0. The number of aryl methyl sites for hydroxylation is 1. The quantitative estimate of drug-likeness (QED) is 0.801. The third kappa shape index (κ3) is 3.21. The van der Waals surface area contributed by atoms with Gasteiger partial charge in [0.05, 0.1) is 6.61 Å². The number of rotatable bonds is 3. The number of nitrogens with one attached hydrogen (secondary N) is 1. The van der Waals surface area contributed by atoms with Crippen LogP contribution < -0.4 is 5.32 Å². The summed E-state index contributed by atoms with van der Waals surface area (Å²) in [5.41, 5.74) is 0. The van der Waals surface area contributed by atoms with Gasteiger partial charge in [0.25, 0.3) is 0 Å². The summed E-state index contributed by atoms with van der Waals surface area (Å²) in [5, 5.41) is 15.2. The Labute approximate surface area is 105 Å². The highest BCUT2D eigenvalue weighted by atomic mass is 16.5. The minimum absolute atomic E-state index is 0.157. The Morgan fingerprint density at radius 3 is 2.78 bits per heavy atom. The molecule has 1 saturated heterocycles. The minimum Gasteiger partial charge on any atom is -0.395 e. The van der Waals surface area contributed by atoms with Crippen LogP contribution in [0.25, 0.3) is 0 Å². The normalized spacial score (nSPS) is 16.9. The lowest BCUT2D eigenvalue weighted by atomic mass is 10.3. The summed E-state index contributed by atoms with van der Waals surface area (Å²) < 4.78 is 4.88. The van der Waals surface area contributed by atoms with E-state index in [1.807, 2.05) is 0 Å². The molecule has 0 atom stereocenters. The summed E-state index contributed by atoms with van der Waals surface area (Å²) in [5.74, 6) is 1.10. The number of hydrogen-bond donors (Lipinski definition) is 2. The largest absolute Gasteiger partial charge is 0.395 e. The molecule has 7 nitrogen and oxygen atoms in total. The van der Waals surface area contributed by atoms with Gasteiger partial charge in [-0.25, -0.2) is 4.79 Å². The number of nitrogens with zero attached hydrogens (tertiary/aromatic N) is 3. The maximum Gasteiger partial charge on any atom is 0.323 e. The van der Waals surface area contributed by atoms with Crippen molar-refractivity contribution in [2.45, 2.75) is 6.92 Å². The summed E-state index contributed by atoms with van der Waals surface area (Å²) in [6.45, 7) is 5.47. The Hall–Kier alpha value is -1.60. The van der Waals surface area contributed by atoms with Gasteiger partial charge in [0.15, 0.2) is 5.82 Å². The van der Waals surface area contributed by atoms with Crippen molar-refractivity contribution in [1.82, 2.24) is 15.0 Å². The summed E-state index contributed by atoms with van der Waals surface area (Å²) >= 11 is 0. The summed E-state index contributed by atoms with van der Waals surface area (Å²) in [6, 6.07) is 1.52. The minimum atomic E-state index is -0.160. The van der Waals surface area contributed by atoms with Crippen molar-refractivity contribution in [3.05, 3.63) is 11.8 Å². The number of amides is 2. The van der Waals surface area contributed by atoms with Crippen molar-refractivity contribution < 1.29 is 14.4 Å².